The Balaban J connectivity index is 1.79. The topological polar surface area (TPSA) is 0 Å². The van der Waals surface area contributed by atoms with Gasteiger partial charge in [0.2, 0.25) is 0 Å². The van der Waals surface area contributed by atoms with E-state index in [0.29, 0.717) is 0 Å². The van der Waals surface area contributed by atoms with Gasteiger partial charge in [0, 0.05) is 0 Å². The summed E-state index contributed by atoms with van der Waals surface area (Å²) in [5.74, 6) is 7.59. The Morgan fingerprint density at radius 3 is 2.54 bits per heavy atom. The molecule has 0 heterocycles. The van der Waals surface area contributed by atoms with Crippen LogP contribution in [0.2, 0.25) is 0 Å². The fourth-order valence-corrected chi connectivity index (χ4v) is 5.35. The maximum absolute atomic E-state index is 2.54. The maximum Gasteiger partial charge on any atom is -0.0194 e. The molecule has 4 aliphatic carbocycles. The van der Waals surface area contributed by atoms with Crippen LogP contribution in [0.25, 0.3) is 0 Å². The third kappa shape index (κ3) is 0.671. The predicted octanol–water partition coefficient (Wildman–Crippen LogP) is 3.10. The fraction of sp³-hybridized carbons (Fsp3) is 0.846. The van der Waals surface area contributed by atoms with Crippen molar-refractivity contribution in [1.82, 2.24) is 0 Å². The van der Waals surface area contributed by atoms with Gasteiger partial charge in [0.05, 0.1) is 0 Å². The summed E-state index contributed by atoms with van der Waals surface area (Å²) < 4.78 is 0. The van der Waals surface area contributed by atoms with Crippen molar-refractivity contribution < 1.29 is 0 Å². The summed E-state index contributed by atoms with van der Waals surface area (Å²) in [5, 5.41) is 0. The van der Waals surface area contributed by atoms with E-state index in [0.717, 1.165) is 41.4 Å². The van der Waals surface area contributed by atoms with Crippen LogP contribution in [-0.4, -0.2) is 0 Å². The highest BCUT2D eigenvalue weighted by atomic mass is 14.6. The van der Waals surface area contributed by atoms with Crippen molar-refractivity contribution in [3.8, 4) is 0 Å². The van der Waals surface area contributed by atoms with Crippen molar-refractivity contribution in [3.05, 3.63) is 12.2 Å². The number of hydrogen-bond donors (Lipinski definition) is 0. The van der Waals surface area contributed by atoms with Crippen molar-refractivity contribution in [1.29, 1.82) is 0 Å². The Morgan fingerprint density at radius 1 is 0.923 bits per heavy atom. The van der Waals surface area contributed by atoms with Gasteiger partial charge in [-0.1, -0.05) is 19.1 Å². The molecule has 3 unspecified atom stereocenters. The molecule has 4 bridgehead atoms. The van der Waals surface area contributed by atoms with Gasteiger partial charge in [0.25, 0.3) is 0 Å². The zero-order valence-electron chi connectivity index (χ0n) is 8.32. The highest BCUT2D eigenvalue weighted by molar-refractivity contribution is 5.20. The second kappa shape index (κ2) is 2.04. The molecular formula is C13H18. The number of rotatable bonds is 0. The molecule has 0 aliphatic heterocycles. The molecular weight excluding hydrogens is 156 g/mol. The summed E-state index contributed by atoms with van der Waals surface area (Å²) in [6.45, 7) is 2.50. The third-order valence-corrected chi connectivity index (χ3v) is 5.60. The van der Waals surface area contributed by atoms with Gasteiger partial charge >= 0.3 is 0 Å². The van der Waals surface area contributed by atoms with Crippen LogP contribution in [0.15, 0.2) is 12.2 Å². The lowest BCUT2D eigenvalue weighted by Gasteiger charge is -2.35. The molecule has 3 saturated carbocycles. The van der Waals surface area contributed by atoms with Crippen molar-refractivity contribution in [2.75, 3.05) is 0 Å². The van der Waals surface area contributed by atoms with Gasteiger partial charge in [-0.15, -0.1) is 0 Å². The first-order valence-electron chi connectivity index (χ1n) is 6.03. The minimum absolute atomic E-state index is 1.01. The second-order valence-electron chi connectivity index (χ2n) is 5.98. The minimum Gasteiger partial charge on any atom is -0.0848 e. The van der Waals surface area contributed by atoms with Crippen LogP contribution in [0.3, 0.4) is 0 Å². The highest BCUT2D eigenvalue weighted by Gasteiger charge is 2.59. The lowest BCUT2D eigenvalue weighted by molar-refractivity contribution is 0.160. The average Bonchev–Trinajstić information content (AvgIpc) is 2.78. The molecule has 0 aromatic heterocycles. The predicted molar refractivity (Wildman–Crippen MR) is 53.1 cm³/mol. The Labute approximate surface area is 80.4 Å². The van der Waals surface area contributed by atoms with Gasteiger partial charge in [0.1, 0.15) is 0 Å². The second-order valence-corrected chi connectivity index (χ2v) is 5.98. The molecule has 0 spiro atoms. The van der Waals surface area contributed by atoms with Gasteiger partial charge < -0.3 is 0 Å². The van der Waals surface area contributed by atoms with Crippen LogP contribution in [0.1, 0.15) is 26.2 Å². The molecule has 3 fully saturated rings. The zero-order chi connectivity index (χ0) is 8.58. The molecule has 0 N–H and O–H groups in total. The van der Waals surface area contributed by atoms with Gasteiger partial charge in [-0.3, -0.25) is 0 Å². The van der Waals surface area contributed by atoms with Crippen molar-refractivity contribution >= 4 is 0 Å². The molecule has 4 aliphatic rings. The summed E-state index contributed by atoms with van der Waals surface area (Å²) in [4.78, 5) is 0. The van der Waals surface area contributed by atoms with Gasteiger partial charge in [-0.25, -0.2) is 0 Å². The van der Waals surface area contributed by atoms with E-state index >= 15 is 0 Å². The highest BCUT2D eigenvalue weighted by Crippen LogP contribution is 2.66. The van der Waals surface area contributed by atoms with E-state index in [-0.39, 0.29) is 0 Å². The standard InChI is InChI=1S/C13H18/c1-7-4-10-6-11(7)13-9-3-2-8(5-9)12(10)13/h2-3,7-13H,4-6H2,1H3/t7?,8-,9+,10+,11+,12?,13?/m1/s1. The van der Waals surface area contributed by atoms with Crippen LogP contribution < -0.4 is 0 Å². The lowest BCUT2D eigenvalue weighted by Crippen LogP contribution is -2.29. The molecule has 0 aromatic carbocycles. The normalized spacial score (nSPS) is 66.4. The van der Waals surface area contributed by atoms with Crippen molar-refractivity contribution in [2.24, 2.45) is 41.4 Å². The molecule has 13 heavy (non-hydrogen) atoms. The summed E-state index contributed by atoms with van der Waals surface area (Å²) in [6.07, 6.45) is 9.75. The third-order valence-electron chi connectivity index (χ3n) is 5.60. The molecule has 0 radical (unpaired) electrons. The molecule has 0 heteroatoms. The van der Waals surface area contributed by atoms with E-state index in [9.17, 15) is 0 Å². The van der Waals surface area contributed by atoms with Gasteiger partial charge in [-0.2, -0.15) is 0 Å². The van der Waals surface area contributed by atoms with Crippen molar-refractivity contribution in [2.45, 2.75) is 26.2 Å². The largest absolute Gasteiger partial charge is 0.0848 e. The van der Waals surface area contributed by atoms with E-state index in [1.165, 1.54) is 6.42 Å². The van der Waals surface area contributed by atoms with E-state index in [1.54, 1.807) is 12.8 Å². The Morgan fingerprint density at radius 2 is 1.69 bits per heavy atom. The minimum atomic E-state index is 1.01. The first kappa shape index (κ1) is 7.09. The van der Waals surface area contributed by atoms with Gasteiger partial charge in [-0.05, 0) is 60.7 Å². The molecule has 70 valence electrons. The van der Waals surface area contributed by atoms with E-state index in [1.807, 2.05) is 0 Å². The first-order chi connectivity index (χ1) is 6.34. The SMILES string of the molecule is CC1C[C@H]2C[C@@H]1C1C2[C@@H]2C=C[C@H]1C2. The first-order valence-corrected chi connectivity index (χ1v) is 6.03. The fourth-order valence-electron chi connectivity index (χ4n) is 5.35. The Kier molecular flexibility index (Phi) is 1.11. The molecule has 7 atom stereocenters. The summed E-state index contributed by atoms with van der Waals surface area (Å²) in [6, 6.07) is 0. The van der Waals surface area contributed by atoms with Crippen LogP contribution in [0.4, 0.5) is 0 Å². The van der Waals surface area contributed by atoms with Crippen LogP contribution >= 0.6 is 0 Å². The van der Waals surface area contributed by atoms with Gasteiger partial charge in [0.15, 0.2) is 0 Å². The summed E-state index contributed by atoms with van der Waals surface area (Å²) in [5.41, 5.74) is 0. The number of allylic oxidation sites excluding steroid dienone is 2. The molecule has 4 rings (SSSR count). The maximum atomic E-state index is 2.54. The average molecular weight is 174 g/mol. The van der Waals surface area contributed by atoms with Crippen LogP contribution in [0.5, 0.6) is 0 Å². The molecule has 0 nitrogen and oxygen atoms in total. The van der Waals surface area contributed by atoms with E-state index < -0.39 is 0 Å². The quantitative estimate of drug-likeness (QED) is 0.391. The summed E-state index contributed by atoms with van der Waals surface area (Å²) in [7, 11) is 0. The van der Waals surface area contributed by atoms with Crippen LogP contribution in [-0.2, 0) is 0 Å². The molecule has 0 amide bonds. The van der Waals surface area contributed by atoms with Crippen molar-refractivity contribution in [3.63, 3.8) is 0 Å². The number of hydrogen-bond acceptors (Lipinski definition) is 0. The zero-order valence-corrected chi connectivity index (χ0v) is 8.32. The van der Waals surface area contributed by atoms with E-state index in [2.05, 4.69) is 19.1 Å². The lowest BCUT2D eigenvalue weighted by atomic mass is 9.70. The summed E-state index contributed by atoms with van der Waals surface area (Å²) >= 11 is 0. The Hall–Kier alpha value is -0.260. The molecule has 0 aromatic rings. The Bertz CT molecular complexity index is 278. The molecule has 0 saturated heterocycles. The smallest absolute Gasteiger partial charge is 0.0194 e. The van der Waals surface area contributed by atoms with Crippen LogP contribution in [0, 0.1) is 41.4 Å². The number of fused-ring (bicyclic) bond motifs is 9. The monoisotopic (exact) mass is 174 g/mol. The van der Waals surface area contributed by atoms with E-state index in [4.69, 9.17) is 0 Å².